The summed E-state index contributed by atoms with van der Waals surface area (Å²) in [5.74, 6) is 1.94. The SMILES string of the molecule is CC1CN(c2ncccc2CNC(=O)c2cnnc(-c3ccc(OCC4CC4)c(Cl)c3)c2)CCO1. The standard InChI is InChI=1S/C26H28ClN5O3/c1-17-15-32(9-10-34-17)25-20(3-2-8-28-25)13-29-26(33)21-12-23(31-30-14-21)19-6-7-24(22(27)11-19)35-16-18-4-5-18/h2-3,6-8,11-12,14,17-18H,4-5,9-10,13,15-16H2,1H3,(H,29,33). The van der Waals surface area contributed by atoms with E-state index in [1.807, 2.05) is 31.2 Å². The normalized spacial score (nSPS) is 17.8. The number of halogens is 1. The molecule has 182 valence electrons. The zero-order chi connectivity index (χ0) is 24.2. The lowest BCUT2D eigenvalue weighted by atomic mass is 10.1. The van der Waals surface area contributed by atoms with Gasteiger partial charge in [-0.3, -0.25) is 4.79 Å². The Labute approximate surface area is 209 Å². The second-order valence-corrected chi connectivity index (χ2v) is 9.43. The predicted octanol–water partition coefficient (Wildman–Crippen LogP) is 4.14. The summed E-state index contributed by atoms with van der Waals surface area (Å²) in [6.45, 7) is 5.29. The molecule has 5 rings (SSSR count). The fourth-order valence-corrected chi connectivity index (χ4v) is 4.28. The number of hydrogen-bond donors (Lipinski definition) is 1. The van der Waals surface area contributed by atoms with Crippen LogP contribution in [0.4, 0.5) is 5.82 Å². The van der Waals surface area contributed by atoms with Crippen LogP contribution in [0.15, 0.2) is 48.8 Å². The number of hydrogen-bond acceptors (Lipinski definition) is 7. The molecule has 35 heavy (non-hydrogen) atoms. The summed E-state index contributed by atoms with van der Waals surface area (Å²) in [7, 11) is 0. The van der Waals surface area contributed by atoms with Crippen molar-refractivity contribution >= 4 is 23.3 Å². The van der Waals surface area contributed by atoms with Crippen molar-refractivity contribution in [3.8, 4) is 17.0 Å². The topological polar surface area (TPSA) is 89.5 Å². The zero-order valence-electron chi connectivity index (χ0n) is 19.6. The van der Waals surface area contributed by atoms with Crippen molar-refractivity contribution in [3.63, 3.8) is 0 Å². The first kappa shape index (κ1) is 23.5. The van der Waals surface area contributed by atoms with Crippen molar-refractivity contribution in [2.24, 2.45) is 5.92 Å². The van der Waals surface area contributed by atoms with Crippen molar-refractivity contribution in [2.45, 2.75) is 32.4 Å². The third-order valence-corrected chi connectivity index (χ3v) is 6.46. The van der Waals surface area contributed by atoms with Crippen molar-refractivity contribution in [1.82, 2.24) is 20.5 Å². The van der Waals surface area contributed by atoms with Gasteiger partial charge in [0.1, 0.15) is 11.6 Å². The highest BCUT2D eigenvalue weighted by Gasteiger charge is 2.23. The Morgan fingerprint density at radius 2 is 2.17 bits per heavy atom. The third kappa shape index (κ3) is 5.89. The van der Waals surface area contributed by atoms with E-state index in [4.69, 9.17) is 21.1 Å². The van der Waals surface area contributed by atoms with Crippen LogP contribution in [0.3, 0.4) is 0 Å². The van der Waals surface area contributed by atoms with E-state index >= 15 is 0 Å². The van der Waals surface area contributed by atoms with Crippen LogP contribution in [0.2, 0.25) is 5.02 Å². The highest BCUT2D eigenvalue weighted by atomic mass is 35.5. The van der Waals surface area contributed by atoms with Gasteiger partial charge < -0.3 is 19.7 Å². The average Bonchev–Trinajstić information content (AvgIpc) is 3.71. The van der Waals surface area contributed by atoms with Crippen molar-refractivity contribution in [1.29, 1.82) is 0 Å². The lowest BCUT2D eigenvalue weighted by Gasteiger charge is -2.33. The first-order valence-corrected chi connectivity index (χ1v) is 12.3. The minimum atomic E-state index is -0.234. The number of aromatic nitrogens is 3. The van der Waals surface area contributed by atoms with E-state index in [-0.39, 0.29) is 12.0 Å². The van der Waals surface area contributed by atoms with Crippen molar-refractivity contribution in [3.05, 3.63) is 64.9 Å². The molecule has 1 aliphatic carbocycles. The summed E-state index contributed by atoms with van der Waals surface area (Å²) in [6, 6.07) is 11.1. The predicted molar refractivity (Wildman–Crippen MR) is 134 cm³/mol. The number of benzene rings is 1. The van der Waals surface area contributed by atoms with Gasteiger partial charge >= 0.3 is 0 Å². The first-order chi connectivity index (χ1) is 17.1. The summed E-state index contributed by atoms with van der Waals surface area (Å²) < 4.78 is 11.4. The van der Waals surface area contributed by atoms with Crippen LogP contribution >= 0.6 is 11.6 Å². The van der Waals surface area contributed by atoms with Gasteiger partial charge in [0.25, 0.3) is 5.91 Å². The molecule has 2 aliphatic rings. The number of carbonyl (C=O) groups excluding carboxylic acids is 1. The maximum atomic E-state index is 12.9. The Kier molecular flexibility index (Phi) is 7.11. The van der Waals surface area contributed by atoms with Gasteiger partial charge in [0.15, 0.2) is 0 Å². The molecule has 8 nitrogen and oxygen atoms in total. The molecule has 3 aromatic rings. The second kappa shape index (κ2) is 10.6. The molecule has 1 unspecified atom stereocenters. The van der Waals surface area contributed by atoms with Gasteiger partial charge in [0.2, 0.25) is 0 Å². The van der Waals surface area contributed by atoms with E-state index < -0.39 is 0 Å². The maximum absolute atomic E-state index is 12.9. The largest absolute Gasteiger partial charge is 0.492 e. The van der Waals surface area contributed by atoms with E-state index in [0.717, 1.165) is 30.0 Å². The highest BCUT2D eigenvalue weighted by molar-refractivity contribution is 6.32. The number of amides is 1. The molecule has 1 atom stereocenters. The average molecular weight is 494 g/mol. The number of nitrogens with one attached hydrogen (secondary N) is 1. The third-order valence-electron chi connectivity index (χ3n) is 6.16. The monoisotopic (exact) mass is 493 g/mol. The smallest absolute Gasteiger partial charge is 0.253 e. The van der Waals surface area contributed by atoms with Gasteiger partial charge in [-0.15, -0.1) is 0 Å². The van der Waals surface area contributed by atoms with Crippen molar-refractivity contribution < 1.29 is 14.3 Å². The molecule has 1 saturated carbocycles. The molecule has 2 fully saturated rings. The second-order valence-electron chi connectivity index (χ2n) is 9.03. The molecule has 1 aliphatic heterocycles. The van der Waals surface area contributed by atoms with Crippen LogP contribution in [0.1, 0.15) is 35.7 Å². The molecule has 1 N–H and O–H groups in total. The minimum Gasteiger partial charge on any atom is -0.492 e. The van der Waals surface area contributed by atoms with Crippen LogP contribution in [0.5, 0.6) is 5.75 Å². The zero-order valence-corrected chi connectivity index (χ0v) is 20.4. The molecule has 3 heterocycles. The van der Waals surface area contributed by atoms with Gasteiger partial charge in [-0.05, 0) is 56.0 Å². The van der Waals surface area contributed by atoms with Gasteiger partial charge in [0.05, 0.1) is 41.8 Å². The minimum absolute atomic E-state index is 0.141. The summed E-state index contributed by atoms with van der Waals surface area (Å²) in [5, 5.41) is 11.7. The Morgan fingerprint density at radius 1 is 1.29 bits per heavy atom. The van der Waals surface area contributed by atoms with Crippen LogP contribution in [-0.2, 0) is 11.3 Å². The molecule has 2 aromatic heterocycles. The van der Waals surface area contributed by atoms with Gasteiger partial charge in [-0.2, -0.15) is 10.2 Å². The van der Waals surface area contributed by atoms with Crippen LogP contribution in [0.25, 0.3) is 11.3 Å². The Hall–Kier alpha value is -3.23. The Morgan fingerprint density at radius 3 is 2.97 bits per heavy atom. The fourth-order valence-electron chi connectivity index (χ4n) is 4.04. The van der Waals surface area contributed by atoms with E-state index in [9.17, 15) is 4.79 Å². The maximum Gasteiger partial charge on any atom is 0.253 e. The molecule has 1 amide bonds. The van der Waals surface area contributed by atoms with Crippen LogP contribution in [0, 0.1) is 5.92 Å². The van der Waals surface area contributed by atoms with E-state index in [1.54, 1.807) is 18.3 Å². The number of ether oxygens (including phenoxy) is 2. The van der Waals surface area contributed by atoms with Crippen LogP contribution < -0.4 is 15.0 Å². The molecular formula is C26H28ClN5O3. The summed E-state index contributed by atoms with van der Waals surface area (Å²) in [6.07, 6.45) is 5.81. The van der Waals surface area contributed by atoms with E-state index in [0.29, 0.717) is 47.7 Å². The number of morpholine rings is 1. The fraction of sp³-hybridized carbons (Fsp3) is 0.385. The molecule has 0 spiro atoms. The molecule has 1 saturated heterocycles. The van der Waals surface area contributed by atoms with Crippen LogP contribution in [-0.4, -0.2) is 53.5 Å². The molecule has 0 bridgehead atoms. The summed E-state index contributed by atoms with van der Waals surface area (Å²) in [5.41, 5.74) is 2.71. The number of carbonyl (C=O) groups is 1. The number of rotatable bonds is 8. The summed E-state index contributed by atoms with van der Waals surface area (Å²) in [4.78, 5) is 19.7. The quantitative estimate of drug-likeness (QED) is 0.504. The molecule has 9 heteroatoms. The van der Waals surface area contributed by atoms with E-state index in [2.05, 4.69) is 25.4 Å². The number of anilines is 1. The molecule has 0 radical (unpaired) electrons. The van der Waals surface area contributed by atoms with Gasteiger partial charge in [0, 0.05) is 37.0 Å². The number of pyridine rings is 1. The highest BCUT2D eigenvalue weighted by Crippen LogP contribution is 2.33. The lowest BCUT2D eigenvalue weighted by molar-refractivity contribution is 0.0528. The Bertz CT molecular complexity index is 1200. The van der Waals surface area contributed by atoms with Crippen molar-refractivity contribution in [2.75, 3.05) is 31.2 Å². The first-order valence-electron chi connectivity index (χ1n) is 11.9. The summed E-state index contributed by atoms with van der Waals surface area (Å²) >= 11 is 6.42. The van der Waals surface area contributed by atoms with E-state index in [1.165, 1.54) is 19.0 Å². The number of nitrogens with zero attached hydrogens (tertiary/aromatic N) is 4. The Balaban J connectivity index is 1.26. The lowest BCUT2D eigenvalue weighted by Crippen LogP contribution is -2.42. The van der Waals surface area contributed by atoms with Gasteiger partial charge in [-0.25, -0.2) is 4.98 Å². The molecule has 1 aromatic carbocycles. The van der Waals surface area contributed by atoms with Gasteiger partial charge in [-0.1, -0.05) is 17.7 Å². The molecular weight excluding hydrogens is 466 g/mol.